The summed E-state index contributed by atoms with van der Waals surface area (Å²) in [5, 5.41) is 0. The van der Waals surface area contributed by atoms with Gasteiger partial charge in [-0.2, -0.15) is 0 Å². The molecule has 148 valence electrons. The molecule has 1 aromatic carbocycles. The van der Waals surface area contributed by atoms with Crippen LogP contribution in [0.15, 0.2) is 29.2 Å². The molecule has 1 aromatic rings. The van der Waals surface area contributed by atoms with Gasteiger partial charge in [0.1, 0.15) is 0 Å². The molecule has 0 saturated heterocycles. The molecular formula is C21H30N2O3S. The predicted molar refractivity (Wildman–Crippen MR) is 105 cm³/mol. The molecule has 0 spiro atoms. The van der Waals surface area contributed by atoms with Crippen LogP contribution >= 0.6 is 0 Å². The van der Waals surface area contributed by atoms with Gasteiger partial charge in [0.15, 0.2) is 0 Å². The van der Waals surface area contributed by atoms with Gasteiger partial charge >= 0.3 is 0 Å². The Bertz CT molecular complexity index is 794. The van der Waals surface area contributed by atoms with E-state index in [4.69, 9.17) is 0 Å². The lowest BCUT2D eigenvalue weighted by Gasteiger charge is -2.57. The highest BCUT2D eigenvalue weighted by Crippen LogP contribution is 2.60. The number of rotatable bonds is 5. The molecule has 4 saturated carbocycles. The second-order valence-corrected chi connectivity index (χ2v) is 11.5. The summed E-state index contributed by atoms with van der Waals surface area (Å²) in [5.41, 5.74) is 0.868. The number of carbonyl (C=O) groups excluding carboxylic acids is 1. The Labute approximate surface area is 162 Å². The van der Waals surface area contributed by atoms with Gasteiger partial charge in [-0.25, -0.2) is 12.7 Å². The molecule has 6 heteroatoms. The van der Waals surface area contributed by atoms with Crippen LogP contribution in [0.4, 0.5) is 0 Å². The minimum Gasteiger partial charge on any atom is -0.341 e. The lowest BCUT2D eigenvalue weighted by molar-refractivity contribution is -0.0629. The van der Waals surface area contributed by atoms with Crippen molar-refractivity contribution >= 4 is 15.9 Å². The Morgan fingerprint density at radius 2 is 1.44 bits per heavy atom. The molecule has 4 fully saturated rings. The summed E-state index contributed by atoms with van der Waals surface area (Å²) in [4.78, 5) is 15.0. The van der Waals surface area contributed by atoms with E-state index >= 15 is 0 Å². The fourth-order valence-corrected chi connectivity index (χ4v) is 7.16. The first-order chi connectivity index (χ1) is 12.7. The summed E-state index contributed by atoms with van der Waals surface area (Å²) in [7, 11) is 1.44. The van der Waals surface area contributed by atoms with Gasteiger partial charge in [0.05, 0.1) is 4.90 Å². The molecule has 0 heterocycles. The first kappa shape index (κ1) is 18.9. The number of carbonyl (C=O) groups is 1. The van der Waals surface area contributed by atoms with Gasteiger partial charge in [-0.1, -0.05) is 0 Å². The van der Waals surface area contributed by atoms with E-state index in [9.17, 15) is 13.2 Å². The first-order valence-electron chi connectivity index (χ1n) is 9.97. The Morgan fingerprint density at radius 3 is 1.89 bits per heavy atom. The lowest BCUT2D eigenvalue weighted by Crippen LogP contribution is -2.51. The molecule has 0 aromatic heterocycles. The molecule has 27 heavy (non-hydrogen) atoms. The zero-order valence-electron chi connectivity index (χ0n) is 16.5. The lowest BCUT2D eigenvalue weighted by atomic mass is 9.49. The molecule has 0 unspecified atom stereocenters. The third-order valence-corrected chi connectivity index (χ3v) is 8.79. The minimum atomic E-state index is -3.47. The van der Waals surface area contributed by atoms with E-state index < -0.39 is 10.0 Å². The van der Waals surface area contributed by atoms with Gasteiger partial charge in [0.2, 0.25) is 10.0 Å². The normalized spacial score (nSPS) is 32.1. The van der Waals surface area contributed by atoms with Gasteiger partial charge in [0, 0.05) is 33.3 Å². The Kier molecular flexibility index (Phi) is 4.62. The van der Waals surface area contributed by atoms with E-state index in [1.54, 1.807) is 12.1 Å². The average molecular weight is 391 g/mol. The summed E-state index contributed by atoms with van der Waals surface area (Å²) < 4.78 is 25.6. The summed E-state index contributed by atoms with van der Waals surface area (Å²) in [6, 6.07) is 6.33. The fourth-order valence-electron chi connectivity index (χ4n) is 6.26. The van der Waals surface area contributed by atoms with Gasteiger partial charge < -0.3 is 4.90 Å². The SMILES string of the molecule is CN(CC12CC3CC(CC(C3)C1)C2)C(=O)c1ccc(S(=O)(=O)N(C)C)cc1. The zero-order valence-corrected chi connectivity index (χ0v) is 17.3. The smallest absolute Gasteiger partial charge is 0.253 e. The molecule has 5 nitrogen and oxygen atoms in total. The van der Waals surface area contributed by atoms with Gasteiger partial charge in [0.25, 0.3) is 5.91 Å². The van der Waals surface area contributed by atoms with Crippen LogP contribution in [-0.4, -0.2) is 51.2 Å². The summed E-state index contributed by atoms with van der Waals surface area (Å²) in [6.07, 6.45) is 8.03. The molecule has 4 bridgehead atoms. The maximum atomic E-state index is 12.9. The Morgan fingerprint density at radius 1 is 0.963 bits per heavy atom. The maximum Gasteiger partial charge on any atom is 0.253 e. The van der Waals surface area contributed by atoms with Crippen molar-refractivity contribution in [3.05, 3.63) is 29.8 Å². The second-order valence-electron chi connectivity index (χ2n) is 9.39. The third-order valence-electron chi connectivity index (χ3n) is 6.96. The van der Waals surface area contributed by atoms with Gasteiger partial charge in [-0.15, -0.1) is 0 Å². The zero-order chi connectivity index (χ0) is 19.4. The van der Waals surface area contributed by atoms with Crippen molar-refractivity contribution in [2.75, 3.05) is 27.7 Å². The summed E-state index contributed by atoms with van der Waals surface area (Å²) in [6.45, 7) is 0.826. The van der Waals surface area contributed by atoms with Crippen molar-refractivity contribution in [2.45, 2.75) is 43.4 Å². The summed E-state index contributed by atoms with van der Waals surface area (Å²) in [5.74, 6) is 2.60. The Balaban J connectivity index is 1.47. The molecule has 0 atom stereocenters. The largest absolute Gasteiger partial charge is 0.341 e. The highest BCUT2D eigenvalue weighted by Gasteiger charge is 2.51. The number of benzene rings is 1. The van der Waals surface area contributed by atoms with Crippen molar-refractivity contribution in [1.29, 1.82) is 0 Å². The van der Waals surface area contributed by atoms with Gasteiger partial charge in [-0.3, -0.25) is 4.79 Å². The van der Waals surface area contributed by atoms with Crippen molar-refractivity contribution < 1.29 is 13.2 Å². The van der Waals surface area contributed by atoms with Crippen LogP contribution in [0.2, 0.25) is 0 Å². The van der Waals surface area contributed by atoms with Crippen LogP contribution in [0.1, 0.15) is 48.9 Å². The minimum absolute atomic E-state index is 0.0143. The highest BCUT2D eigenvalue weighted by molar-refractivity contribution is 7.89. The highest BCUT2D eigenvalue weighted by atomic mass is 32.2. The monoisotopic (exact) mass is 390 g/mol. The number of amides is 1. The van der Waals surface area contributed by atoms with Crippen LogP contribution in [0.3, 0.4) is 0 Å². The van der Waals surface area contributed by atoms with Crippen LogP contribution in [0, 0.1) is 23.2 Å². The van der Waals surface area contributed by atoms with E-state index in [2.05, 4.69) is 0 Å². The number of hydrogen-bond donors (Lipinski definition) is 0. The van der Waals surface area contributed by atoms with Crippen LogP contribution in [-0.2, 0) is 10.0 Å². The third kappa shape index (κ3) is 3.42. The average Bonchev–Trinajstić information content (AvgIpc) is 2.59. The van der Waals surface area contributed by atoms with Gasteiger partial charge in [-0.05, 0) is 86.0 Å². The molecule has 5 rings (SSSR count). The predicted octanol–water partition coefficient (Wildman–Crippen LogP) is 3.23. The second kappa shape index (κ2) is 6.59. The van der Waals surface area contributed by atoms with E-state index in [1.165, 1.54) is 69.1 Å². The standard InChI is InChI=1S/C21H30N2O3S/c1-22(2)27(25,26)19-6-4-18(5-7-19)20(24)23(3)14-21-11-15-8-16(12-21)10-17(9-15)13-21/h4-7,15-17H,8-14H2,1-3H3. The quantitative estimate of drug-likeness (QED) is 0.776. The molecule has 0 N–H and O–H groups in total. The van der Waals surface area contributed by atoms with Crippen molar-refractivity contribution in [3.63, 3.8) is 0 Å². The van der Waals surface area contributed by atoms with Crippen LogP contribution in [0.5, 0.6) is 0 Å². The number of nitrogens with zero attached hydrogens (tertiary/aromatic N) is 2. The molecule has 1 amide bonds. The number of hydrogen-bond acceptors (Lipinski definition) is 3. The topological polar surface area (TPSA) is 57.7 Å². The van der Waals surface area contributed by atoms with Crippen LogP contribution < -0.4 is 0 Å². The number of sulfonamides is 1. The van der Waals surface area contributed by atoms with E-state index in [-0.39, 0.29) is 10.8 Å². The maximum absolute atomic E-state index is 12.9. The van der Waals surface area contributed by atoms with E-state index in [1.807, 2.05) is 11.9 Å². The van der Waals surface area contributed by atoms with E-state index in [0.29, 0.717) is 11.0 Å². The first-order valence-corrected chi connectivity index (χ1v) is 11.4. The molecule has 4 aliphatic rings. The van der Waals surface area contributed by atoms with E-state index in [0.717, 1.165) is 24.3 Å². The molecule has 0 aliphatic heterocycles. The molecule has 4 aliphatic carbocycles. The van der Waals surface area contributed by atoms with Crippen molar-refractivity contribution in [3.8, 4) is 0 Å². The van der Waals surface area contributed by atoms with Crippen molar-refractivity contribution in [2.24, 2.45) is 23.2 Å². The van der Waals surface area contributed by atoms with Crippen molar-refractivity contribution in [1.82, 2.24) is 9.21 Å². The summed E-state index contributed by atoms with van der Waals surface area (Å²) >= 11 is 0. The Hall–Kier alpha value is -1.40. The van der Waals surface area contributed by atoms with Crippen LogP contribution in [0.25, 0.3) is 0 Å². The fraction of sp³-hybridized carbons (Fsp3) is 0.667. The molecular weight excluding hydrogens is 360 g/mol. The molecule has 0 radical (unpaired) electrons.